The largest absolute Gasteiger partial charge is 0.506 e. The molecule has 4 N–H and O–H groups in total. The third kappa shape index (κ3) is 2.67. The Morgan fingerprint density at radius 3 is 2.38 bits per heavy atom. The van der Waals surface area contributed by atoms with Crippen molar-refractivity contribution in [3.63, 3.8) is 0 Å². The fraction of sp³-hybridized carbons (Fsp3) is 0.500. The first-order chi connectivity index (χ1) is 7.27. The number of rotatable bonds is 2. The molecule has 1 rings (SSSR count). The van der Waals surface area contributed by atoms with Crippen LogP contribution in [0.1, 0.15) is 37.9 Å². The molecule has 0 radical (unpaired) electrons. The summed E-state index contributed by atoms with van der Waals surface area (Å²) in [6.07, 6.45) is 0. The van der Waals surface area contributed by atoms with E-state index >= 15 is 0 Å². The SMILES string of the molecule is CC(C)(C)c1cc(Cl)c(O)c(C(N)CO)c1. The van der Waals surface area contributed by atoms with Crippen molar-refractivity contribution in [2.24, 2.45) is 5.73 Å². The van der Waals surface area contributed by atoms with Crippen LogP contribution in [0.15, 0.2) is 12.1 Å². The van der Waals surface area contributed by atoms with Crippen LogP contribution in [0, 0.1) is 0 Å². The van der Waals surface area contributed by atoms with Crippen LogP contribution in [0.4, 0.5) is 0 Å². The minimum absolute atomic E-state index is 0.0452. The van der Waals surface area contributed by atoms with Crippen LogP contribution in [0.3, 0.4) is 0 Å². The first kappa shape index (κ1) is 13.3. The summed E-state index contributed by atoms with van der Waals surface area (Å²) < 4.78 is 0. The minimum Gasteiger partial charge on any atom is -0.506 e. The quantitative estimate of drug-likeness (QED) is 0.747. The lowest BCUT2D eigenvalue weighted by molar-refractivity contribution is 0.265. The third-order valence-electron chi connectivity index (χ3n) is 2.56. The van der Waals surface area contributed by atoms with Gasteiger partial charge in [-0.2, -0.15) is 0 Å². The van der Waals surface area contributed by atoms with Gasteiger partial charge in [0.25, 0.3) is 0 Å². The Morgan fingerprint density at radius 2 is 1.94 bits per heavy atom. The van der Waals surface area contributed by atoms with Crippen molar-refractivity contribution in [3.05, 3.63) is 28.3 Å². The Bertz CT molecular complexity index is 385. The Hall–Kier alpha value is -0.770. The average molecular weight is 244 g/mol. The molecule has 0 aromatic heterocycles. The molecule has 0 aliphatic rings. The molecular formula is C12H18ClNO2. The molecule has 0 amide bonds. The molecule has 0 bridgehead atoms. The van der Waals surface area contributed by atoms with Crippen molar-refractivity contribution in [3.8, 4) is 5.75 Å². The van der Waals surface area contributed by atoms with E-state index in [4.69, 9.17) is 22.4 Å². The zero-order valence-electron chi connectivity index (χ0n) is 9.79. The molecule has 0 heterocycles. The molecule has 3 nitrogen and oxygen atoms in total. The topological polar surface area (TPSA) is 66.5 Å². The van der Waals surface area contributed by atoms with Crippen LogP contribution in [-0.2, 0) is 5.41 Å². The van der Waals surface area contributed by atoms with Crippen LogP contribution >= 0.6 is 11.6 Å². The predicted molar refractivity (Wildman–Crippen MR) is 65.8 cm³/mol. The molecule has 0 saturated heterocycles. The van der Waals surface area contributed by atoms with Gasteiger partial charge in [0.1, 0.15) is 5.75 Å². The Kier molecular flexibility index (Phi) is 3.84. The molecule has 16 heavy (non-hydrogen) atoms. The van der Waals surface area contributed by atoms with E-state index in [1.165, 1.54) is 0 Å². The van der Waals surface area contributed by atoms with Crippen LogP contribution < -0.4 is 5.73 Å². The fourth-order valence-electron chi connectivity index (χ4n) is 1.43. The van der Waals surface area contributed by atoms with E-state index in [2.05, 4.69) is 0 Å². The summed E-state index contributed by atoms with van der Waals surface area (Å²) in [5.41, 5.74) is 7.09. The van der Waals surface area contributed by atoms with E-state index in [0.717, 1.165) is 5.56 Å². The first-order valence-electron chi connectivity index (χ1n) is 5.16. The van der Waals surface area contributed by atoms with E-state index in [9.17, 15) is 5.11 Å². The standard InChI is InChI=1S/C12H18ClNO2/c1-12(2,3)7-4-8(10(14)6-15)11(16)9(13)5-7/h4-5,10,15-16H,6,14H2,1-3H3. The molecule has 1 atom stereocenters. The van der Waals surface area contributed by atoms with Gasteiger partial charge in [0.15, 0.2) is 0 Å². The van der Waals surface area contributed by atoms with Crippen LogP contribution in [0.25, 0.3) is 0 Å². The lowest BCUT2D eigenvalue weighted by Gasteiger charge is -2.22. The number of phenols is 1. The van der Waals surface area contributed by atoms with Crippen molar-refractivity contribution in [2.45, 2.75) is 32.2 Å². The summed E-state index contributed by atoms with van der Waals surface area (Å²) in [7, 11) is 0. The van der Waals surface area contributed by atoms with Crippen molar-refractivity contribution >= 4 is 11.6 Å². The number of phenolic OH excluding ortho intramolecular Hbond substituents is 1. The molecule has 0 spiro atoms. The molecule has 1 unspecified atom stereocenters. The molecule has 0 aliphatic heterocycles. The number of hydrogen-bond acceptors (Lipinski definition) is 3. The summed E-state index contributed by atoms with van der Waals surface area (Å²) >= 11 is 5.94. The van der Waals surface area contributed by atoms with Gasteiger partial charge in [-0.05, 0) is 23.1 Å². The molecule has 1 aromatic carbocycles. The molecule has 4 heteroatoms. The predicted octanol–water partition coefficient (Wildman–Crippen LogP) is 2.34. The van der Waals surface area contributed by atoms with Crippen molar-refractivity contribution in [1.82, 2.24) is 0 Å². The van der Waals surface area contributed by atoms with Crippen LogP contribution in [-0.4, -0.2) is 16.8 Å². The maximum Gasteiger partial charge on any atom is 0.139 e. The molecule has 1 aromatic rings. The maximum atomic E-state index is 9.77. The summed E-state index contributed by atoms with van der Waals surface area (Å²) in [5, 5.41) is 19.1. The van der Waals surface area contributed by atoms with Gasteiger partial charge < -0.3 is 15.9 Å². The Morgan fingerprint density at radius 1 is 1.38 bits per heavy atom. The van der Waals surface area contributed by atoms with Crippen LogP contribution in [0.2, 0.25) is 5.02 Å². The van der Waals surface area contributed by atoms with E-state index in [1.54, 1.807) is 12.1 Å². The van der Waals surface area contributed by atoms with Gasteiger partial charge in [-0.3, -0.25) is 0 Å². The zero-order chi connectivity index (χ0) is 12.5. The first-order valence-corrected chi connectivity index (χ1v) is 5.54. The van der Waals surface area contributed by atoms with Gasteiger partial charge in [-0.15, -0.1) is 0 Å². The Labute approximate surface area is 101 Å². The molecule has 0 aliphatic carbocycles. The summed E-state index contributed by atoms with van der Waals surface area (Å²) in [4.78, 5) is 0. The highest BCUT2D eigenvalue weighted by Gasteiger charge is 2.20. The van der Waals surface area contributed by atoms with Crippen LogP contribution in [0.5, 0.6) is 5.75 Å². The fourth-order valence-corrected chi connectivity index (χ4v) is 1.66. The van der Waals surface area contributed by atoms with Gasteiger partial charge in [0, 0.05) is 5.56 Å². The summed E-state index contributed by atoms with van der Waals surface area (Å²) in [6, 6.07) is 2.91. The van der Waals surface area contributed by atoms with Gasteiger partial charge in [0.2, 0.25) is 0 Å². The van der Waals surface area contributed by atoms with Crippen molar-refractivity contribution in [2.75, 3.05) is 6.61 Å². The molecule has 0 fully saturated rings. The number of nitrogens with two attached hydrogens (primary N) is 1. The lowest BCUT2D eigenvalue weighted by Crippen LogP contribution is -2.17. The highest BCUT2D eigenvalue weighted by molar-refractivity contribution is 6.32. The summed E-state index contributed by atoms with van der Waals surface area (Å²) in [5.74, 6) is -0.0452. The minimum atomic E-state index is -0.611. The van der Waals surface area contributed by atoms with Gasteiger partial charge in [-0.25, -0.2) is 0 Å². The second-order valence-corrected chi connectivity index (χ2v) is 5.34. The number of aliphatic hydroxyl groups is 1. The molecule has 90 valence electrons. The third-order valence-corrected chi connectivity index (χ3v) is 2.84. The Balaban J connectivity index is 3.33. The summed E-state index contributed by atoms with van der Waals surface area (Å²) in [6.45, 7) is 5.91. The van der Waals surface area contributed by atoms with Gasteiger partial charge in [-0.1, -0.05) is 32.4 Å². The maximum absolute atomic E-state index is 9.77. The monoisotopic (exact) mass is 243 g/mol. The highest BCUT2D eigenvalue weighted by atomic mass is 35.5. The number of benzene rings is 1. The van der Waals surface area contributed by atoms with E-state index in [0.29, 0.717) is 5.56 Å². The van der Waals surface area contributed by atoms with E-state index < -0.39 is 6.04 Å². The van der Waals surface area contributed by atoms with Gasteiger partial charge in [0.05, 0.1) is 17.7 Å². The van der Waals surface area contributed by atoms with Crippen molar-refractivity contribution in [1.29, 1.82) is 0 Å². The van der Waals surface area contributed by atoms with Crippen molar-refractivity contribution < 1.29 is 10.2 Å². The molecular weight excluding hydrogens is 226 g/mol. The van der Waals surface area contributed by atoms with E-state index in [-0.39, 0.29) is 22.8 Å². The highest BCUT2D eigenvalue weighted by Crippen LogP contribution is 2.36. The lowest BCUT2D eigenvalue weighted by atomic mass is 9.85. The smallest absolute Gasteiger partial charge is 0.139 e. The molecule has 0 saturated carbocycles. The normalized spacial score (nSPS) is 13.9. The number of hydrogen-bond donors (Lipinski definition) is 3. The number of aliphatic hydroxyl groups excluding tert-OH is 1. The zero-order valence-corrected chi connectivity index (χ0v) is 10.5. The average Bonchev–Trinajstić information content (AvgIpc) is 2.19. The van der Waals surface area contributed by atoms with E-state index in [1.807, 2.05) is 20.8 Å². The van der Waals surface area contributed by atoms with Gasteiger partial charge >= 0.3 is 0 Å². The number of aromatic hydroxyl groups is 1. The second kappa shape index (κ2) is 4.62. The number of halogens is 1. The second-order valence-electron chi connectivity index (χ2n) is 4.93.